The van der Waals surface area contributed by atoms with Gasteiger partial charge in [0.2, 0.25) is 17.7 Å². The minimum atomic E-state index is -0.481. The third-order valence-corrected chi connectivity index (χ3v) is 5.86. The van der Waals surface area contributed by atoms with E-state index in [4.69, 9.17) is 15.5 Å². The maximum atomic E-state index is 12.5. The van der Waals surface area contributed by atoms with Crippen LogP contribution in [0.1, 0.15) is 41.2 Å². The number of hydrogen-bond acceptors (Lipinski definition) is 5. The molecule has 8 heteroatoms. The molecule has 0 saturated carbocycles. The van der Waals surface area contributed by atoms with Gasteiger partial charge in [0.05, 0.1) is 17.7 Å². The molecule has 3 heterocycles. The van der Waals surface area contributed by atoms with Crippen molar-refractivity contribution >= 4 is 28.6 Å². The summed E-state index contributed by atoms with van der Waals surface area (Å²) in [4.78, 5) is 44.2. The second kappa shape index (κ2) is 8.79. The molecule has 1 aromatic carbocycles. The quantitative estimate of drug-likeness (QED) is 0.693. The number of aromatic nitrogens is 1. The van der Waals surface area contributed by atoms with Crippen molar-refractivity contribution < 1.29 is 19.1 Å². The zero-order valence-corrected chi connectivity index (χ0v) is 16.9. The lowest BCUT2D eigenvalue weighted by molar-refractivity contribution is -0.135. The van der Waals surface area contributed by atoms with E-state index < -0.39 is 5.91 Å². The first-order chi connectivity index (χ1) is 14.5. The van der Waals surface area contributed by atoms with Crippen LogP contribution in [0.15, 0.2) is 30.3 Å². The summed E-state index contributed by atoms with van der Waals surface area (Å²) in [5.41, 5.74) is 7.54. The number of nitrogens with two attached hydrogens (primary N) is 1. The minimum absolute atomic E-state index is 0.00638. The average molecular weight is 410 g/mol. The van der Waals surface area contributed by atoms with Crippen LogP contribution in [-0.4, -0.2) is 71.9 Å². The Kier molecular flexibility index (Phi) is 5.94. The molecule has 2 aromatic rings. The van der Waals surface area contributed by atoms with Crippen molar-refractivity contribution in [3.63, 3.8) is 0 Å². The second-order valence-electron chi connectivity index (χ2n) is 7.84. The van der Waals surface area contributed by atoms with Crippen molar-refractivity contribution in [1.82, 2.24) is 14.8 Å². The zero-order valence-electron chi connectivity index (χ0n) is 16.9. The molecule has 0 bridgehead atoms. The van der Waals surface area contributed by atoms with Crippen LogP contribution in [0.25, 0.3) is 10.9 Å². The van der Waals surface area contributed by atoms with Gasteiger partial charge in [0.15, 0.2) is 0 Å². The van der Waals surface area contributed by atoms with E-state index in [1.54, 1.807) is 15.9 Å². The number of ether oxygens (including phenoxy) is 1. The summed E-state index contributed by atoms with van der Waals surface area (Å²) in [5.74, 6) is -0.337. The van der Waals surface area contributed by atoms with Crippen molar-refractivity contribution in [1.29, 1.82) is 0 Å². The summed E-state index contributed by atoms with van der Waals surface area (Å²) in [5, 5.41) is 0.740. The topological polar surface area (TPSA) is 106 Å². The first kappa shape index (κ1) is 20.3. The average Bonchev–Trinajstić information content (AvgIpc) is 3.39. The maximum absolute atomic E-state index is 12.5. The Balaban J connectivity index is 1.34. The number of carbonyl (C=O) groups is 3. The van der Waals surface area contributed by atoms with Crippen LogP contribution in [0, 0.1) is 0 Å². The molecule has 0 aliphatic carbocycles. The molecule has 0 radical (unpaired) electrons. The zero-order chi connectivity index (χ0) is 21.1. The van der Waals surface area contributed by atoms with Crippen LogP contribution in [-0.2, 0) is 14.3 Å². The molecule has 2 saturated heterocycles. The van der Waals surface area contributed by atoms with Gasteiger partial charge in [0, 0.05) is 49.6 Å². The smallest absolute Gasteiger partial charge is 0.249 e. The van der Waals surface area contributed by atoms with Crippen LogP contribution >= 0.6 is 0 Å². The molecule has 2 aliphatic rings. The Labute approximate surface area is 175 Å². The van der Waals surface area contributed by atoms with Gasteiger partial charge >= 0.3 is 0 Å². The number of amides is 3. The van der Waals surface area contributed by atoms with Crippen molar-refractivity contribution in [3.05, 3.63) is 41.6 Å². The van der Waals surface area contributed by atoms with Crippen LogP contribution in [0.5, 0.6) is 0 Å². The van der Waals surface area contributed by atoms with Crippen LogP contribution in [0.3, 0.4) is 0 Å². The molecule has 2 fully saturated rings. The number of nitrogens with zero attached hydrogens (tertiary/aromatic N) is 3. The number of pyridine rings is 1. The molecule has 3 amide bonds. The van der Waals surface area contributed by atoms with E-state index in [0.29, 0.717) is 38.2 Å². The summed E-state index contributed by atoms with van der Waals surface area (Å²) < 4.78 is 5.51. The predicted octanol–water partition coefficient (Wildman–Crippen LogP) is 1.29. The number of fused-ring (bicyclic) bond motifs is 1. The molecular weight excluding hydrogens is 384 g/mol. The van der Waals surface area contributed by atoms with Gasteiger partial charge in [-0.15, -0.1) is 0 Å². The lowest BCUT2D eigenvalue weighted by Crippen LogP contribution is -2.34. The molecule has 1 atom stereocenters. The first-order valence-corrected chi connectivity index (χ1v) is 10.4. The van der Waals surface area contributed by atoms with Crippen molar-refractivity contribution in [2.75, 3.05) is 39.4 Å². The molecule has 2 aliphatic heterocycles. The largest absolute Gasteiger partial charge is 0.370 e. The van der Waals surface area contributed by atoms with Crippen LogP contribution < -0.4 is 5.73 Å². The Morgan fingerprint density at radius 3 is 2.83 bits per heavy atom. The molecule has 158 valence electrons. The van der Waals surface area contributed by atoms with Crippen molar-refractivity contribution in [3.8, 4) is 0 Å². The van der Waals surface area contributed by atoms with E-state index >= 15 is 0 Å². The predicted molar refractivity (Wildman–Crippen MR) is 111 cm³/mol. The molecule has 8 nitrogen and oxygen atoms in total. The summed E-state index contributed by atoms with van der Waals surface area (Å²) in [6, 6.07) is 9.19. The third kappa shape index (κ3) is 4.28. The maximum Gasteiger partial charge on any atom is 0.249 e. The first-order valence-electron chi connectivity index (χ1n) is 10.4. The number of benzene rings is 1. The highest BCUT2D eigenvalue weighted by atomic mass is 16.5. The third-order valence-electron chi connectivity index (χ3n) is 5.86. The molecule has 0 unspecified atom stereocenters. The lowest BCUT2D eigenvalue weighted by atomic mass is 9.99. The molecule has 4 rings (SSSR count). The van der Waals surface area contributed by atoms with Gasteiger partial charge in [-0.1, -0.05) is 18.2 Å². The van der Waals surface area contributed by atoms with Crippen LogP contribution in [0.2, 0.25) is 0 Å². The van der Waals surface area contributed by atoms with Gasteiger partial charge < -0.3 is 20.3 Å². The van der Waals surface area contributed by atoms with E-state index in [2.05, 4.69) is 0 Å². The van der Waals surface area contributed by atoms with Gasteiger partial charge in [-0.2, -0.15) is 0 Å². The Bertz CT molecular complexity index is 977. The fraction of sp³-hybridized carbons (Fsp3) is 0.455. The number of carbonyl (C=O) groups excluding carboxylic acids is 3. The Hall–Kier alpha value is -3.00. The Morgan fingerprint density at radius 1 is 1.23 bits per heavy atom. The van der Waals surface area contributed by atoms with Crippen LogP contribution in [0.4, 0.5) is 0 Å². The highest BCUT2D eigenvalue weighted by Gasteiger charge is 2.29. The number of rotatable bonds is 7. The number of para-hydroxylation sites is 1. The molecule has 0 spiro atoms. The van der Waals surface area contributed by atoms with Gasteiger partial charge in [0.1, 0.15) is 6.61 Å². The van der Waals surface area contributed by atoms with E-state index in [1.807, 2.05) is 24.3 Å². The van der Waals surface area contributed by atoms with Crippen molar-refractivity contribution in [2.45, 2.75) is 25.2 Å². The van der Waals surface area contributed by atoms with Crippen molar-refractivity contribution in [2.24, 2.45) is 5.73 Å². The van der Waals surface area contributed by atoms with E-state index in [9.17, 15) is 14.4 Å². The van der Waals surface area contributed by atoms with Gasteiger partial charge in [-0.3, -0.25) is 19.4 Å². The SMILES string of the molecule is NC(=O)c1cc([C@H]2CCN(C(=O)COCCN3CCCC3=O)C2)nc2ccccc12. The lowest BCUT2D eigenvalue weighted by Gasteiger charge is -2.18. The highest BCUT2D eigenvalue weighted by molar-refractivity contribution is 6.05. The number of hydrogen-bond donors (Lipinski definition) is 1. The summed E-state index contributed by atoms with van der Waals surface area (Å²) >= 11 is 0. The van der Waals surface area contributed by atoms with E-state index in [1.165, 1.54) is 0 Å². The Morgan fingerprint density at radius 2 is 2.07 bits per heavy atom. The van der Waals surface area contributed by atoms with Gasteiger partial charge in [-0.25, -0.2) is 0 Å². The van der Waals surface area contributed by atoms with Gasteiger partial charge in [0.25, 0.3) is 0 Å². The standard InChI is InChI=1S/C22H26N4O4/c23-22(29)17-12-19(24-18-5-2-1-4-16(17)18)15-7-9-26(13-15)21(28)14-30-11-10-25-8-3-6-20(25)27/h1-2,4-5,12,15H,3,6-11,13-14H2,(H2,23,29)/t15-/m0/s1. The normalized spacial score (nSPS) is 19.1. The summed E-state index contributed by atoms with van der Waals surface area (Å²) in [6.45, 7) is 2.84. The minimum Gasteiger partial charge on any atom is -0.370 e. The van der Waals surface area contributed by atoms with E-state index in [-0.39, 0.29) is 24.3 Å². The number of primary amides is 1. The summed E-state index contributed by atoms with van der Waals surface area (Å²) in [7, 11) is 0. The molecular formula is C22H26N4O4. The molecule has 2 N–H and O–H groups in total. The molecule has 1 aromatic heterocycles. The fourth-order valence-corrected chi connectivity index (χ4v) is 4.20. The fourth-order valence-electron chi connectivity index (χ4n) is 4.20. The monoisotopic (exact) mass is 410 g/mol. The second-order valence-corrected chi connectivity index (χ2v) is 7.84. The van der Waals surface area contributed by atoms with E-state index in [0.717, 1.165) is 36.0 Å². The van der Waals surface area contributed by atoms with Gasteiger partial charge in [-0.05, 0) is 25.0 Å². The summed E-state index contributed by atoms with van der Waals surface area (Å²) in [6.07, 6.45) is 2.28. The molecule has 30 heavy (non-hydrogen) atoms. The highest BCUT2D eigenvalue weighted by Crippen LogP contribution is 2.29. The number of likely N-dealkylation sites (tertiary alicyclic amines) is 2.